The van der Waals surface area contributed by atoms with Gasteiger partial charge in [-0.3, -0.25) is 4.98 Å². The van der Waals surface area contributed by atoms with Crippen LogP contribution in [-0.4, -0.2) is 32.6 Å². The van der Waals surface area contributed by atoms with Gasteiger partial charge in [-0.25, -0.2) is 4.39 Å². The summed E-state index contributed by atoms with van der Waals surface area (Å²) in [5.41, 5.74) is -0.601. The molecule has 1 heterocycles. The van der Waals surface area contributed by atoms with Gasteiger partial charge in [-0.2, -0.15) is 0 Å². The molecule has 4 aliphatic rings. The third-order valence-corrected chi connectivity index (χ3v) is 9.88. The second kappa shape index (κ2) is 7.11. The molecule has 3 fully saturated rings. The summed E-state index contributed by atoms with van der Waals surface area (Å²) in [6.07, 6.45) is 11.9. The molecule has 170 valence electrons. The van der Waals surface area contributed by atoms with E-state index < -0.39 is 11.3 Å². The van der Waals surface area contributed by atoms with Gasteiger partial charge in [0.2, 0.25) is 0 Å². The van der Waals surface area contributed by atoms with Gasteiger partial charge in [-0.1, -0.05) is 25.1 Å². The average Bonchev–Trinajstić information content (AvgIpc) is 3.09. The smallest absolute Gasteiger partial charge is 0.140 e. The molecule has 6 rings (SSSR count). The number of nitrogens with zero attached hydrogens (tertiary/aromatic N) is 1. The van der Waals surface area contributed by atoms with E-state index in [0.717, 1.165) is 42.9 Å². The van der Waals surface area contributed by atoms with E-state index >= 15 is 4.39 Å². The van der Waals surface area contributed by atoms with E-state index in [2.05, 4.69) is 36.2 Å². The zero-order chi connectivity index (χ0) is 22.1. The van der Waals surface area contributed by atoms with Gasteiger partial charge in [0, 0.05) is 23.7 Å². The van der Waals surface area contributed by atoms with E-state index in [1.54, 1.807) is 0 Å². The Hall–Kier alpha value is -1.78. The van der Waals surface area contributed by atoms with E-state index in [0.29, 0.717) is 31.6 Å². The van der Waals surface area contributed by atoms with Crippen LogP contribution < -0.4 is 0 Å². The van der Waals surface area contributed by atoms with Crippen molar-refractivity contribution in [3.63, 3.8) is 0 Å². The lowest BCUT2D eigenvalue weighted by molar-refractivity contribution is -0.195. The van der Waals surface area contributed by atoms with Crippen LogP contribution in [0, 0.1) is 23.2 Å². The van der Waals surface area contributed by atoms with Crippen molar-refractivity contribution in [3.05, 3.63) is 48.3 Å². The molecular formula is C28H34FNO2. The van der Waals surface area contributed by atoms with Crippen molar-refractivity contribution in [2.45, 2.75) is 82.1 Å². The molecule has 0 aliphatic heterocycles. The Kier molecular flexibility index (Phi) is 4.62. The molecule has 3 nitrogen and oxygen atoms in total. The molecule has 0 spiro atoms. The summed E-state index contributed by atoms with van der Waals surface area (Å²) in [7, 11) is 0. The van der Waals surface area contributed by atoms with E-state index in [4.69, 9.17) is 0 Å². The van der Waals surface area contributed by atoms with Crippen LogP contribution in [0.1, 0.15) is 70.3 Å². The Morgan fingerprint density at radius 1 is 1.03 bits per heavy atom. The predicted molar refractivity (Wildman–Crippen MR) is 125 cm³/mol. The summed E-state index contributed by atoms with van der Waals surface area (Å²) in [6, 6.07) is 8.54. The summed E-state index contributed by atoms with van der Waals surface area (Å²) in [4.78, 5) is 4.22. The first-order valence-corrected chi connectivity index (χ1v) is 12.5. The molecule has 1 aromatic carbocycles. The predicted octanol–water partition coefficient (Wildman–Crippen LogP) is 5.84. The summed E-state index contributed by atoms with van der Waals surface area (Å²) >= 11 is 0. The fourth-order valence-corrected chi connectivity index (χ4v) is 8.06. The second-order valence-electron chi connectivity index (χ2n) is 11.4. The van der Waals surface area contributed by atoms with Crippen LogP contribution in [0.25, 0.3) is 16.3 Å². The van der Waals surface area contributed by atoms with Crippen molar-refractivity contribution in [1.82, 2.24) is 4.98 Å². The third kappa shape index (κ3) is 2.88. The van der Waals surface area contributed by atoms with Gasteiger partial charge in [0.05, 0.1) is 6.10 Å². The van der Waals surface area contributed by atoms with E-state index in [-0.39, 0.29) is 23.4 Å². The minimum absolute atomic E-state index is 0.0954. The highest BCUT2D eigenvalue weighted by Gasteiger charge is 2.66. The molecule has 4 heteroatoms. The van der Waals surface area contributed by atoms with Crippen molar-refractivity contribution in [1.29, 1.82) is 0 Å². The summed E-state index contributed by atoms with van der Waals surface area (Å²) in [5.74, 6) is 0.543. The van der Waals surface area contributed by atoms with E-state index in [1.807, 2.05) is 18.5 Å². The van der Waals surface area contributed by atoms with Gasteiger partial charge in [0.15, 0.2) is 0 Å². The van der Waals surface area contributed by atoms with Crippen LogP contribution in [0.15, 0.2) is 42.7 Å². The highest BCUT2D eigenvalue weighted by atomic mass is 19.1. The number of hydrogen-bond acceptors (Lipinski definition) is 3. The molecule has 6 unspecified atom stereocenters. The number of alkyl halides is 1. The number of halogens is 1. The van der Waals surface area contributed by atoms with Crippen LogP contribution >= 0.6 is 0 Å². The number of pyridine rings is 1. The molecule has 0 saturated heterocycles. The standard InChI is InChI=1S/C28H34FNO2/c1-26-11-12-27(29)16-22-15-23(31)5-4-18(22)8-10-28(27,32)25(26)7-6-24(26)20-2-3-21-17-30-13-9-19(21)14-20/h2-3,6,9,13-14,17-18,22-23,25,31-32H,4-5,7-8,10-12,15-16H2,1H3/t18?,22?,23?,25?,26?,27?,28-/m0/s1. The largest absolute Gasteiger partial charge is 0.393 e. The average molecular weight is 436 g/mol. The maximum atomic E-state index is 16.7. The van der Waals surface area contributed by atoms with E-state index in [9.17, 15) is 10.2 Å². The van der Waals surface area contributed by atoms with Crippen LogP contribution in [0.4, 0.5) is 4.39 Å². The molecule has 0 radical (unpaired) electrons. The number of fused-ring (bicyclic) bond motifs is 5. The quantitative estimate of drug-likeness (QED) is 0.592. The lowest BCUT2D eigenvalue weighted by Crippen LogP contribution is -2.62. The van der Waals surface area contributed by atoms with Crippen molar-refractivity contribution in [3.8, 4) is 0 Å². The van der Waals surface area contributed by atoms with Gasteiger partial charge < -0.3 is 10.2 Å². The van der Waals surface area contributed by atoms with Gasteiger partial charge >= 0.3 is 0 Å². The Morgan fingerprint density at radius 3 is 2.78 bits per heavy atom. The molecule has 2 N–H and O–H groups in total. The first-order valence-electron chi connectivity index (χ1n) is 12.5. The Labute approximate surface area is 189 Å². The maximum Gasteiger partial charge on any atom is 0.140 e. The number of rotatable bonds is 1. The first kappa shape index (κ1) is 20.8. The van der Waals surface area contributed by atoms with Gasteiger partial charge in [0.1, 0.15) is 11.3 Å². The monoisotopic (exact) mass is 435 g/mol. The van der Waals surface area contributed by atoms with Crippen molar-refractivity contribution >= 4 is 16.3 Å². The number of aliphatic hydroxyl groups excluding tert-OH is 1. The summed E-state index contributed by atoms with van der Waals surface area (Å²) < 4.78 is 16.7. The van der Waals surface area contributed by atoms with Gasteiger partial charge in [0.25, 0.3) is 0 Å². The molecule has 7 atom stereocenters. The number of aliphatic hydroxyl groups is 2. The fourth-order valence-electron chi connectivity index (χ4n) is 8.06. The van der Waals surface area contributed by atoms with Crippen LogP contribution in [0.3, 0.4) is 0 Å². The fraction of sp³-hybridized carbons (Fsp3) is 0.607. The molecule has 3 saturated carbocycles. The second-order valence-corrected chi connectivity index (χ2v) is 11.4. The summed E-state index contributed by atoms with van der Waals surface area (Å²) in [6.45, 7) is 2.26. The van der Waals surface area contributed by atoms with Crippen molar-refractivity contribution in [2.75, 3.05) is 0 Å². The highest BCUT2D eigenvalue weighted by Crippen LogP contribution is 2.66. The topological polar surface area (TPSA) is 53.4 Å². The minimum Gasteiger partial charge on any atom is -0.393 e. The van der Waals surface area contributed by atoms with Crippen LogP contribution in [0.2, 0.25) is 0 Å². The zero-order valence-electron chi connectivity index (χ0n) is 18.9. The minimum atomic E-state index is -1.55. The number of allylic oxidation sites excluding steroid dienone is 2. The molecule has 4 aliphatic carbocycles. The van der Waals surface area contributed by atoms with Crippen LogP contribution in [0.5, 0.6) is 0 Å². The Bertz CT molecular complexity index is 1080. The number of benzene rings is 1. The van der Waals surface area contributed by atoms with Crippen LogP contribution in [-0.2, 0) is 0 Å². The van der Waals surface area contributed by atoms with E-state index in [1.165, 1.54) is 11.1 Å². The summed E-state index contributed by atoms with van der Waals surface area (Å²) in [5, 5.41) is 24.6. The lowest BCUT2D eigenvalue weighted by atomic mass is 9.53. The van der Waals surface area contributed by atoms with Crippen molar-refractivity contribution < 1.29 is 14.6 Å². The number of hydrogen-bond donors (Lipinski definition) is 2. The highest BCUT2D eigenvalue weighted by molar-refractivity contribution is 5.87. The van der Waals surface area contributed by atoms with Crippen molar-refractivity contribution in [2.24, 2.45) is 23.2 Å². The third-order valence-electron chi connectivity index (χ3n) is 9.88. The Balaban J connectivity index is 1.35. The normalized spacial score (nSPS) is 43.7. The molecule has 1 aromatic heterocycles. The molecule has 32 heavy (non-hydrogen) atoms. The van der Waals surface area contributed by atoms with Gasteiger partial charge in [-0.05, 0) is 104 Å². The molecule has 0 amide bonds. The molecule has 0 bridgehead atoms. The Morgan fingerprint density at radius 2 is 1.91 bits per heavy atom. The SMILES string of the molecule is CC12CCC3(F)CC4CC(O)CCC4CC[C@]3(O)C1CC=C2c1ccc2cnccc2c1. The molecule has 2 aromatic rings. The lowest BCUT2D eigenvalue weighted by Gasteiger charge is -2.56. The zero-order valence-corrected chi connectivity index (χ0v) is 18.9. The first-order chi connectivity index (χ1) is 15.3. The maximum absolute atomic E-state index is 16.7. The molecular weight excluding hydrogens is 401 g/mol. The number of aromatic nitrogens is 1. The van der Waals surface area contributed by atoms with Gasteiger partial charge in [-0.15, -0.1) is 0 Å².